The SMILES string of the molecule is O=C1C=CC(=O)N1CCCCCCCCCCCCCCCCCCCCC[S]. The lowest BCUT2D eigenvalue weighted by atomic mass is 10.0. The number of nitrogens with zero attached hydrogens (tertiary/aromatic N) is 1. The number of unbranched alkanes of at least 4 members (excludes halogenated alkanes) is 18. The molecule has 0 spiro atoms. The summed E-state index contributed by atoms with van der Waals surface area (Å²) in [4.78, 5) is 24.2. The molecule has 4 heteroatoms. The zero-order valence-electron chi connectivity index (χ0n) is 18.7. The highest BCUT2D eigenvalue weighted by atomic mass is 32.1. The molecule has 1 radical (unpaired) electrons. The van der Waals surface area contributed by atoms with Crippen molar-refractivity contribution in [3.63, 3.8) is 0 Å². The van der Waals surface area contributed by atoms with Gasteiger partial charge in [0.15, 0.2) is 0 Å². The van der Waals surface area contributed by atoms with E-state index in [0.29, 0.717) is 6.54 Å². The van der Waals surface area contributed by atoms with E-state index >= 15 is 0 Å². The Hall–Kier alpha value is -0.770. The first-order chi connectivity index (χ1) is 14.3. The van der Waals surface area contributed by atoms with Crippen LogP contribution in [0.5, 0.6) is 0 Å². The lowest BCUT2D eigenvalue weighted by molar-refractivity contribution is -0.136. The van der Waals surface area contributed by atoms with E-state index in [4.69, 9.17) is 12.6 Å². The number of hydrogen-bond donors (Lipinski definition) is 0. The summed E-state index contributed by atoms with van der Waals surface area (Å²) >= 11 is 4.97. The Morgan fingerprint density at radius 3 is 1.07 bits per heavy atom. The maximum atomic E-state index is 11.4. The molecule has 167 valence electrons. The normalized spacial score (nSPS) is 13.8. The summed E-state index contributed by atoms with van der Waals surface area (Å²) in [6, 6.07) is 0. The largest absolute Gasteiger partial charge is 0.275 e. The summed E-state index contributed by atoms with van der Waals surface area (Å²) in [5.74, 6) is 0.639. The molecule has 0 fully saturated rings. The Morgan fingerprint density at radius 2 is 0.759 bits per heavy atom. The van der Waals surface area contributed by atoms with E-state index in [0.717, 1.165) is 18.6 Å². The molecule has 1 aliphatic heterocycles. The molecule has 0 aliphatic carbocycles. The molecule has 0 atom stereocenters. The molecule has 0 N–H and O–H groups in total. The molecule has 0 aromatic rings. The van der Waals surface area contributed by atoms with Crippen molar-refractivity contribution in [3.05, 3.63) is 12.2 Å². The van der Waals surface area contributed by atoms with Crippen LogP contribution in [0.25, 0.3) is 0 Å². The third kappa shape index (κ3) is 14.8. The molecular formula is C25H44NO2S. The maximum absolute atomic E-state index is 11.4. The smallest absolute Gasteiger partial charge is 0.253 e. The highest BCUT2D eigenvalue weighted by Gasteiger charge is 2.21. The van der Waals surface area contributed by atoms with Crippen molar-refractivity contribution in [2.75, 3.05) is 12.3 Å². The quantitative estimate of drug-likeness (QED) is 0.142. The Kier molecular flexibility index (Phi) is 17.4. The highest BCUT2D eigenvalue weighted by Crippen LogP contribution is 2.15. The van der Waals surface area contributed by atoms with Crippen LogP contribution in [0.1, 0.15) is 122 Å². The van der Waals surface area contributed by atoms with Gasteiger partial charge < -0.3 is 0 Å². The van der Waals surface area contributed by atoms with Gasteiger partial charge in [0.25, 0.3) is 11.8 Å². The van der Waals surface area contributed by atoms with Crippen molar-refractivity contribution in [2.45, 2.75) is 122 Å². The van der Waals surface area contributed by atoms with Crippen LogP contribution >= 0.6 is 12.6 Å². The van der Waals surface area contributed by atoms with E-state index in [9.17, 15) is 9.59 Å². The van der Waals surface area contributed by atoms with E-state index in [1.165, 1.54) is 126 Å². The fraction of sp³-hybridized carbons (Fsp3) is 0.840. The molecule has 1 heterocycles. The summed E-state index contributed by atoms with van der Waals surface area (Å²) in [6.45, 7) is 0.583. The van der Waals surface area contributed by atoms with Gasteiger partial charge in [-0.2, -0.15) is 0 Å². The second-order valence-corrected chi connectivity index (χ2v) is 8.99. The van der Waals surface area contributed by atoms with E-state index in [1.54, 1.807) is 0 Å². The van der Waals surface area contributed by atoms with Crippen molar-refractivity contribution >= 4 is 24.4 Å². The van der Waals surface area contributed by atoms with Gasteiger partial charge in [0.05, 0.1) is 0 Å². The molecule has 0 unspecified atom stereocenters. The van der Waals surface area contributed by atoms with Crippen LogP contribution in [0.2, 0.25) is 0 Å². The van der Waals surface area contributed by atoms with Gasteiger partial charge in [-0.1, -0.05) is 122 Å². The van der Waals surface area contributed by atoms with Gasteiger partial charge in [-0.25, -0.2) is 0 Å². The fourth-order valence-corrected chi connectivity index (χ4v) is 4.23. The van der Waals surface area contributed by atoms with E-state index in [-0.39, 0.29) is 11.8 Å². The number of hydrogen-bond acceptors (Lipinski definition) is 2. The highest BCUT2D eigenvalue weighted by molar-refractivity contribution is 7.80. The minimum absolute atomic E-state index is 0.148. The molecule has 29 heavy (non-hydrogen) atoms. The third-order valence-corrected chi connectivity index (χ3v) is 6.22. The molecule has 1 rings (SSSR count). The molecule has 0 aromatic heterocycles. The van der Waals surface area contributed by atoms with Crippen LogP contribution in [0.4, 0.5) is 0 Å². The van der Waals surface area contributed by atoms with Crippen LogP contribution in [-0.4, -0.2) is 29.0 Å². The fourth-order valence-electron chi connectivity index (χ4n) is 4.03. The number of carbonyl (C=O) groups is 2. The number of amides is 2. The minimum Gasteiger partial charge on any atom is -0.275 e. The molecular weight excluding hydrogens is 378 g/mol. The van der Waals surface area contributed by atoms with Crippen LogP contribution in [-0.2, 0) is 9.59 Å². The summed E-state index contributed by atoms with van der Waals surface area (Å²) < 4.78 is 0. The van der Waals surface area contributed by atoms with Gasteiger partial charge in [-0.05, 0) is 12.8 Å². The lowest BCUT2D eigenvalue weighted by Gasteiger charge is -2.12. The van der Waals surface area contributed by atoms with Gasteiger partial charge in [0, 0.05) is 24.4 Å². The van der Waals surface area contributed by atoms with Crippen LogP contribution < -0.4 is 0 Å². The molecule has 2 amide bonds. The first kappa shape index (κ1) is 26.3. The minimum atomic E-state index is -0.148. The Labute approximate surface area is 185 Å². The molecule has 0 saturated carbocycles. The van der Waals surface area contributed by atoms with Crippen LogP contribution in [0.3, 0.4) is 0 Å². The van der Waals surface area contributed by atoms with Crippen molar-refractivity contribution in [3.8, 4) is 0 Å². The van der Waals surface area contributed by atoms with Crippen LogP contribution in [0.15, 0.2) is 12.2 Å². The van der Waals surface area contributed by atoms with E-state index in [1.807, 2.05) is 0 Å². The summed E-state index contributed by atoms with van der Waals surface area (Å²) in [5.41, 5.74) is 0. The van der Waals surface area contributed by atoms with Gasteiger partial charge in [0.2, 0.25) is 0 Å². The Bertz CT molecular complexity index is 432. The molecule has 1 aliphatic rings. The zero-order chi connectivity index (χ0) is 21.0. The molecule has 0 aromatic carbocycles. The second-order valence-electron chi connectivity index (χ2n) is 8.58. The van der Waals surface area contributed by atoms with Crippen molar-refractivity contribution in [1.82, 2.24) is 4.90 Å². The first-order valence-corrected chi connectivity index (χ1v) is 12.9. The van der Waals surface area contributed by atoms with E-state index in [2.05, 4.69) is 0 Å². The maximum Gasteiger partial charge on any atom is 0.253 e. The van der Waals surface area contributed by atoms with Crippen LogP contribution in [0, 0.1) is 0 Å². The number of rotatable bonds is 21. The molecule has 0 bridgehead atoms. The summed E-state index contributed by atoms with van der Waals surface area (Å²) in [7, 11) is 0. The van der Waals surface area contributed by atoms with Crippen molar-refractivity contribution in [1.29, 1.82) is 0 Å². The van der Waals surface area contributed by atoms with E-state index < -0.39 is 0 Å². The number of imide groups is 1. The second kappa shape index (κ2) is 19.2. The molecule has 3 nitrogen and oxygen atoms in total. The monoisotopic (exact) mass is 422 g/mol. The zero-order valence-corrected chi connectivity index (χ0v) is 19.5. The van der Waals surface area contributed by atoms with Gasteiger partial charge in [-0.3, -0.25) is 14.5 Å². The topological polar surface area (TPSA) is 37.4 Å². The predicted molar refractivity (Wildman–Crippen MR) is 126 cm³/mol. The molecule has 0 saturated heterocycles. The first-order valence-electron chi connectivity index (χ1n) is 12.4. The summed E-state index contributed by atoms with van der Waals surface area (Å²) in [6.07, 6.45) is 28.1. The van der Waals surface area contributed by atoms with Crippen molar-refractivity contribution in [2.24, 2.45) is 0 Å². The van der Waals surface area contributed by atoms with Gasteiger partial charge in [0.1, 0.15) is 0 Å². The van der Waals surface area contributed by atoms with Gasteiger partial charge in [-0.15, -0.1) is 0 Å². The van der Waals surface area contributed by atoms with Crippen molar-refractivity contribution < 1.29 is 9.59 Å². The lowest BCUT2D eigenvalue weighted by Crippen LogP contribution is -2.30. The predicted octanol–water partition coefficient (Wildman–Crippen LogP) is 7.52. The van der Waals surface area contributed by atoms with Gasteiger partial charge >= 0.3 is 0 Å². The standard InChI is InChI=1S/C25H44NO2S/c27-24-20-21-25(28)26(24)22-18-16-14-12-10-8-6-4-2-1-3-5-7-9-11-13-15-17-19-23-29/h20-21H,1-19,22-23H2. The average molecular weight is 423 g/mol. The Balaban J connectivity index is 1.69. The number of carbonyl (C=O) groups excluding carboxylic acids is 2. The Morgan fingerprint density at radius 1 is 0.483 bits per heavy atom. The summed E-state index contributed by atoms with van der Waals surface area (Å²) in [5, 5.41) is 0. The third-order valence-electron chi connectivity index (χ3n) is 5.93. The average Bonchev–Trinajstić information content (AvgIpc) is 3.04.